The molecule has 1 N–H and O–H groups in total. The fourth-order valence-corrected chi connectivity index (χ4v) is 3.23. The average Bonchev–Trinajstić information content (AvgIpc) is 3.05. The number of nitrogens with zero attached hydrogens (tertiary/aromatic N) is 3. The Morgan fingerprint density at radius 2 is 1.90 bits per heavy atom. The third-order valence-electron chi connectivity index (χ3n) is 4.73. The molecule has 1 amide bonds. The molecule has 0 spiro atoms. The zero-order chi connectivity index (χ0) is 22.5. The number of hydrogen-bond acceptors (Lipinski definition) is 5. The van der Waals surface area contributed by atoms with E-state index in [2.05, 4.69) is 10.5 Å². The van der Waals surface area contributed by atoms with E-state index in [-0.39, 0.29) is 11.1 Å². The van der Waals surface area contributed by atoms with Gasteiger partial charge in [0.1, 0.15) is 5.82 Å². The second kappa shape index (κ2) is 9.05. The zero-order valence-electron chi connectivity index (χ0n) is 17.1. The van der Waals surface area contributed by atoms with E-state index in [1.54, 1.807) is 12.1 Å². The van der Waals surface area contributed by atoms with Crippen LogP contribution in [-0.4, -0.2) is 29.8 Å². The highest BCUT2D eigenvalue weighted by molar-refractivity contribution is 5.96. The van der Waals surface area contributed by atoms with Crippen LogP contribution < -0.4 is 5.43 Å². The third-order valence-corrected chi connectivity index (χ3v) is 4.73. The van der Waals surface area contributed by atoms with Gasteiger partial charge in [0.25, 0.3) is 5.91 Å². The van der Waals surface area contributed by atoms with Crippen molar-refractivity contribution in [1.82, 2.24) is 9.99 Å². The molecular formula is C23H19FN4O3. The Hall–Kier alpha value is -4.25. The van der Waals surface area contributed by atoms with Gasteiger partial charge in [-0.05, 0) is 50.2 Å². The summed E-state index contributed by atoms with van der Waals surface area (Å²) in [5.41, 5.74) is 5.61. The van der Waals surface area contributed by atoms with Crippen molar-refractivity contribution in [3.63, 3.8) is 0 Å². The molecular weight excluding hydrogens is 399 g/mol. The number of carbonyl (C=O) groups excluding carboxylic acids is 2. The first-order valence-electron chi connectivity index (χ1n) is 9.27. The molecule has 31 heavy (non-hydrogen) atoms. The second-order valence-electron chi connectivity index (χ2n) is 6.68. The molecule has 156 valence electrons. The molecule has 0 saturated carbocycles. The summed E-state index contributed by atoms with van der Waals surface area (Å²) in [7, 11) is 1.33. The number of halogens is 1. The van der Waals surface area contributed by atoms with Crippen LogP contribution in [0, 0.1) is 31.0 Å². The number of nitriles is 1. The smallest absolute Gasteiger partial charge is 0.339 e. The maximum Gasteiger partial charge on any atom is 0.339 e. The van der Waals surface area contributed by atoms with E-state index < -0.39 is 17.7 Å². The SMILES string of the molecule is COC(=O)c1ccccc1-n1c(C)cc(/C=N\NC(=O)c2ccc(C#N)cc2F)c1C. The Morgan fingerprint density at radius 3 is 2.58 bits per heavy atom. The van der Waals surface area contributed by atoms with Crippen molar-refractivity contribution >= 4 is 18.1 Å². The Labute approximate surface area is 178 Å². The molecule has 1 aromatic heterocycles. The molecule has 0 aliphatic rings. The number of carbonyl (C=O) groups is 2. The summed E-state index contributed by atoms with van der Waals surface area (Å²) in [5, 5.41) is 12.7. The number of methoxy groups -OCH3 is 1. The van der Waals surface area contributed by atoms with Crippen LogP contribution in [-0.2, 0) is 4.74 Å². The summed E-state index contributed by atoms with van der Waals surface area (Å²) in [4.78, 5) is 24.3. The molecule has 3 aromatic rings. The minimum absolute atomic E-state index is 0.122. The highest BCUT2D eigenvalue weighted by Gasteiger charge is 2.17. The summed E-state index contributed by atoms with van der Waals surface area (Å²) in [6, 6.07) is 14.3. The predicted octanol–water partition coefficient (Wildman–Crippen LogP) is 3.66. The Kier molecular flexibility index (Phi) is 6.26. The normalized spacial score (nSPS) is 10.7. The van der Waals surface area contributed by atoms with Gasteiger partial charge in [-0.3, -0.25) is 4.79 Å². The number of hydrogen-bond donors (Lipinski definition) is 1. The minimum Gasteiger partial charge on any atom is -0.465 e. The second-order valence-corrected chi connectivity index (χ2v) is 6.68. The predicted molar refractivity (Wildman–Crippen MR) is 113 cm³/mol. The first-order chi connectivity index (χ1) is 14.9. The fourth-order valence-electron chi connectivity index (χ4n) is 3.23. The van der Waals surface area contributed by atoms with Crippen molar-refractivity contribution in [1.29, 1.82) is 5.26 Å². The largest absolute Gasteiger partial charge is 0.465 e. The van der Waals surface area contributed by atoms with Crippen LogP contribution in [0.2, 0.25) is 0 Å². The Morgan fingerprint density at radius 1 is 1.16 bits per heavy atom. The lowest BCUT2D eigenvalue weighted by atomic mass is 10.1. The summed E-state index contributed by atoms with van der Waals surface area (Å²) in [6.45, 7) is 3.73. The number of hydrazone groups is 1. The maximum absolute atomic E-state index is 14.0. The van der Waals surface area contributed by atoms with Crippen molar-refractivity contribution < 1.29 is 18.7 Å². The number of para-hydroxylation sites is 1. The van der Waals surface area contributed by atoms with E-state index in [0.29, 0.717) is 16.8 Å². The van der Waals surface area contributed by atoms with Crippen molar-refractivity contribution in [2.24, 2.45) is 5.10 Å². The lowest BCUT2D eigenvalue weighted by molar-refractivity contribution is 0.0600. The van der Waals surface area contributed by atoms with Gasteiger partial charge in [0.05, 0.1) is 41.8 Å². The number of ether oxygens (including phenoxy) is 1. The highest BCUT2D eigenvalue weighted by Crippen LogP contribution is 2.23. The molecule has 3 rings (SSSR count). The van der Waals surface area contributed by atoms with Gasteiger partial charge in [0, 0.05) is 17.0 Å². The molecule has 0 radical (unpaired) electrons. The molecule has 0 bridgehead atoms. The van der Waals surface area contributed by atoms with E-state index in [4.69, 9.17) is 10.00 Å². The van der Waals surface area contributed by atoms with Crippen LogP contribution in [0.4, 0.5) is 4.39 Å². The van der Waals surface area contributed by atoms with Gasteiger partial charge in [0.2, 0.25) is 0 Å². The molecule has 0 saturated heterocycles. The van der Waals surface area contributed by atoms with Gasteiger partial charge in [-0.15, -0.1) is 0 Å². The van der Waals surface area contributed by atoms with Gasteiger partial charge in [-0.25, -0.2) is 14.6 Å². The molecule has 2 aromatic carbocycles. The topological polar surface area (TPSA) is 96.5 Å². The van der Waals surface area contributed by atoms with Crippen LogP contribution in [0.3, 0.4) is 0 Å². The van der Waals surface area contributed by atoms with Crippen LogP contribution in [0.15, 0.2) is 53.6 Å². The van der Waals surface area contributed by atoms with Crippen molar-refractivity contribution in [2.75, 3.05) is 7.11 Å². The van der Waals surface area contributed by atoms with E-state index >= 15 is 0 Å². The average molecular weight is 418 g/mol. The number of amides is 1. The van der Waals surface area contributed by atoms with Gasteiger partial charge in [-0.2, -0.15) is 10.4 Å². The monoisotopic (exact) mass is 418 g/mol. The summed E-state index contributed by atoms with van der Waals surface area (Å²) in [6.07, 6.45) is 1.44. The first-order valence-corrected chi connectivity index (χ1v) is 9.27. The Balaban J connectivity index is 1.85. The van der Waals surface area contributed by atoms with Crippen molar-refractivity contribution in [2.45, 2.75) is 13.8 Å². The standard InChI is InChI=1S/C23H19FN4O3/c1-14-10-17(13-26-27-22(29)18-9-8-16(12-25)11-20(18)24)15(2)28(14)21-7-5-4-6-19(21)23(30)31-3/h4-11,13H,1-3H3,(H,27,29)/b26-13-. The fraction of sp³-hybridized carbons (Fsp3) is 0.130. The number of nitrogens with one attached hydrogen (secondary N) is 1. The van der Waals surface area contributed by atoms with Crippen LogP contribution in [0.25, 0.3) is 5.69 Å². The molecule has 0 atom stereocenters. The summed E-state index contributed by atoms with van der Waals surface area (Å²) < 4.78 is 20.7. The van der Waals surface area contributed by atoms with Crippen molar-refractivity contribution in [3.8, 4) is 11.8 Å². The summed E-state index contributed by atoms with van der Waals surface area (Å²) >= 11 is 0. The zero-order valence-corrected chi connectivity index (χ0v) is 17.1. The number of rotatable bonds is 5. The molecule has 1 heterocycles. The number of aromatic nitrogens is 1. The highest BCUT2D eigenvalue weighted by atomic mass is 19.1. The van der Waals surface area contributed by atoms with Gasteiger partial charge >= 0.3 is 5.97 Å². The number of esters is 1. The molecule has 0 aliphatic carbocycles. The first kappa shape index (κ1) is 21.5. The van der Waals surface area contributed by atoms with Crippen LogP contribution >= 0.6 is 0 Å². The minimum atomic E-state index is -0.802. The molecule has 0 fully saturated rings. The van der Waals surface area contributed by atoms with Crippen LogP contribution in [0.5, 0.6) is 0 Å². The van der Waals surface area contributed by atoms with E-state index in [1.807, 2.05) is 42.7 Å². The molecule has 0 aliphatic heterocycles. The van der Waals surface area contributed by atoms with Crippen molar-refractivity contribution in [3.05, 3.63) is 88.0 Å². The van der Waals surface area contributed by atoms with Gasteiger partial charge in [-0.1, -0.05) is 12.1 Å². The lowest BCUT2D eigenvalue weighted by Gasteiger charge is -2.13. The third kappa shape index (κ3) is 4.36. The Bertz CT molecular complexity index is 1240. The van der Waals surface area contributed by atoms with E-state index in [0.717, 1.165) is 17.5 Å². The van der Waals surface area contributed by atoms with Crippen LogP contribution in [0.1, 0.15) is 43.2 Å². The number of benzene rings is 2. The molecule has 0 unspecified atom stereocenters. The lowest BCUT2D eigenvalue weighted by Crippen LogP contribution is -2.19. The summed E-state index contributed by atoms with van der Waals surface area (Å²) in [5.74, 6) is -1.98. The molecule has 8 heteroatoms. The quantitative estimate of drug-likeness (QED) is 0.389. The van der Waals surface area contributed by atoms with Gasteiger partial charge < -0.3 is 9.30 Å². The van der Waals surface area contributed by atoms with E-state index in [1.165, 1.54) is 25.5 Å². The van der Waals surface area contributed by atoms with Gasteiger partial charge in [0.15, 0.2) is 0 Å². The number of aryl methyl sites for hydroxylation is 1. The maximum atomic E-state index is 14.0. The molecule has 7 nitrogen and oxygen atoms in total. The van der Waals surface area contributed by atoms with E-state index in [9.17, 15) is 14.0 Å².